The minimum Gasteiger partial charge on any atom is -0.481 e. The van der Waals surface area contributed by atoms with Crippen molar-refractivity contribution >= 4 is 11.9 Å². The summed E-state index contributed by atoms with van der Waals surface area (Å²) < 4.78 is 0. The predicted molar refractivity (Wildman–Crippen MR) is 88.9 cm³/mol. The molecule has 0 fully saturated rings. The van der Waals surface area contributed by atoms with Crippen molar-refractivity contribution in [3.63, 3.8) is 0 Å². The van der Waals surface area contributed by atoms with Gasteiger partial charge in [0.05, 0.1) is 12.1 Å². The Bertz CT molecular complexity index is 451. The zero-order chi connectivity index (χ0) is 18.2. The molecule has 0 aromatic rings. The standard InChI is InChI=1S/C18H28N2O4/c19-13-15(8-4-1-2-6-10-17(21)22)12-16(14-20)9-5-3-7-11-18(23)24/h15-16H,1-12H2,(H,21,22)(H,23,24). The van der Waals surface area contributed by atoms with Crippen LogP contribution < -0.4 is 0 Å². The van der Waals surface area contributed by atoms with E-state index in [0.717, 1.165) is 38.5 Å². The Labute approximate surface area is 144 Å². The molecule has 0 radical (unpaired) electrons. The maximum absolute atomic E-state index is 10.4. The van der Waals surface area contributed by atoms with Crippen LogP contribution in [0, 0.1) is 34.5 Å². The highest BCUT2D eigenvalue weighted by molar-refractivity contribution is 5.66. The van der Waals surface area contributed by atoms with E-state index in [4.69, 9.17) is 10.2 Å². The van der Waals surface area contributed by atoms with Crippen molar-refractivity contribution < 1.29 is 19.8 Å². The number of carboxylic acids is 2. The van der Waals surface area contributed by atoms with E-state index in [1.807, 2.05) is 0 Å². The monoisotopic (exact) mass is 336 g/mol. The van der Waals surface area contributed by atoms with Crippen LogP contribution in [-0.4, -0.2) is 22.2 Å². The lowest BCUT2D eigenvalue weighted by Crippen LogP contribution is -2.07. The van der Waals surface area contributed by atoms with Crippen LogP contribution in [0.5, 0.6) is 0 Å². The molecule has 0 aliphatic heterocycles. The zero-order valence-electron chi connectivity index (χ0n) is 14.2. The summed E-state index contributed by atoms with van der Waals surface area (Å²) in [4.78, 5) is 20.8. The molecule has 0 aliphatic rings. The summed E-state index contributed by atoms with van der Waals surface area (Å²) in [5.74, 6) is -1.84. The fourth-order valence-electron chi connectivity index (χ4n) is 2.68. The third-order valence-electron chi connectivity index (χ3n) is 4.07. The summed E-state index contributed by atoms with van der Waals surface area (Å²) in [6.45, 7) is 0. The number of hydrogen-bond acceptors (Lipinski definition) is 4. The van der Waals surface area contributed by atoms with E-state index in [1.54, 1.807) is 0 Å². The Morgan fingerprint density at radius 2 is 1.08 bits per heavy atom. The first kappa shape index (κ1) is 21.9. The van der Waals surface area contributed by atoms with Gasteiger partial charge in [0, 0.05) is 24.7 Å². The van der Waals surface area contributed by atoms with E-state index < -0.39 is 11.9 Å². The maximum atomic E-state index is 10.4. The quantitative estimate of drug-likeness (QED) is 0.434. The molecule has 2 unspecified atom stereocenters. The van der Waals surface area contributed by atoms with Gasteiger partial charge in [-0.1, -0.05) is 32.1 Å². The van der Waals surface area contributed by atoms with Gasteiger partial charge in [0.1, 0.15) is 0 Å². The lowest BCUT2D eigenvalue weighted by atomic mass is 9.88. The molecule has 6 nitrogen and oxygen atoms in total. The molecule has 0 aliphatic carbocycles. The Hall–Kier alpha value is -2.08. The lowest BCUT2D eigenvalue weighted by Gasteiger charge is -2.13. The van der Waals surface area contributed by atoms with Crippen molar-refractivity contribution in [3.05, 3.63) is 0 Å². The van der Waals surface area contributed by atoms with E-state index in [2.05, 4.69) is 12.1 Å². The van der Waals surface area contributed by atoms with E-state index in [-0.39, 0.29) is 24.7 Å². The number of carbonyl (C=O) groups is 2. The van der Waals surface area contributed by atoms with Crippen molar-refractivity contribution in [1.82, 2.24) is 0 Å². The van der Waals surface area contributed by atoms with Gasteiger partial charge in [-0.25, -0.2) is 0 Å². The highest BCUT2D eigenvalue weighted by Crippen LogP contribution is 2.22. The molecule has 0 aromatic carbocycles. The molecule has 0 bridgehead atoms. The van der Waals surface area contributed by atoms with Crippen molar-refractivity contribution in [2.45, 2.75) is 77.0 Å². The van der Waals surface area contributed by atoms with Gasteiger partial charge < -0.3 is 10.2 Å². The molecule has 0 amide bonds. The number of hydrogen-bond donors (Lipinski definition) is 2. The number of nitriles is 2. The average molecular weight is 336 g/mol. The van der Waals surface area contributed by atoms with Gasteiger partial charge in [-0.05, 0) is 32.1 Å². The molecule has 2 atom stereocenters. The second-order valence-corrected chi connectivity index (χ2v) is 6.23. The summed E-state index contributed by atoms with van der Waals surface area (Å²) in [7, 11) is 0. The zero-order valence-corrected chi connectivity index (χ0v) is 14.2. The third kappa shape index (κ3) is 13.6. The third-order valence-corrected chi connectivity index (χ3v) is 4.07. The van der Waals surface area contributed by atoms with Crippen molar-refractivity contribution in [2.75, 3.05) is 0 Å². The Kier molecular flexibility index (Phi) is 13.3. The average Bonchev–Trinajstić information content (AvgIpc) is 2.54. The van der Waals surface area contributed by atoms with Gasteiger partial charge >= 0.3 is 11.9 Å². The highest BCUT2D eigenvalue weighted by atomic mass is 16.4. The highest BCUT2D eigenvalue weighted by Gasteiger charge is 2.15. The summed E-state index contributed by atoms with van der Waals surface area (Å²) in [5, 5.41) is 35.5. The number of unbranched alkanes of at least 4 members (excludes halogenated alkanes) is 5. The number of nitrogens with zero attached hydrogens (tertiary/aromatic N) is 2. The van der Waals surface area contributed by atoms with E-state index in [0.29, 0.717) is 25.7 Å². The van der Waals surface area contributed by atoms with Crippen molar-refractivity contribution in [3.8, 4) is 12.1 Å². The SMILES string of the molecule is N#CC(CCCCCCC(=O)O)CC(C#N)CCCCCC(=O)O. The molecule has 0 spiro atoms. The summed E-state index contributed by atoms with van der Waals surface area (Å²) in [6, 6.07) is 4.53. The molecule has 24 heavy (non-hydrogen) atoms. The first-order valence-electron chi connectivity index (χ1n) is 8.72. The van der Waals surface area contributed by atoms with Crippen molar-refractivity contribution in [2.24, 2.45) is 11.8 Å². The number of aliphatic carboxylic acids is 2. The predicted octanol–water partition coefficient (Wildman–Crippen LogP) is 4.12. The molecular weight excluding hydrogens is 308 g/mol. The van der Waals surface area contributed by atoms with E-state index >= 15 is 0 Å². The number of rotatable bonds is 15. The second kappa shape index (κ2) is 14.5. The van der Waals surface area contributed by atoms with Gasteiger partial charge in [-0.2, -0.15) is 10.5 Å². The number of carboxylic acid groups (broad SMARTS) is 2. The summed E-state index contributed by atoms with van der Waals surface area (Å²) in [6.07, 6.45) is 7.97. The van der Waals surface area contributed by atoms with Crippen LogP contribution in [0.4, 0.5) is 0 Å². The topological polar surface area (TPSA) is 122 Å². The van der Waals surface area contributed by atoms with E-state index in [1.165, 1.54) is 0 Å². The van der Waals surface area contributed by atoms with Crippen LogP contribution in [0.3, 0.4) is 0 Å². The van der Waals surface area contributed by atoms with Gasteiger partial charge in [-0.15, -0.1) is 0 Å². The van der Waals surface area contributed by atoms with Crippen LogP contribution in [0.25, 0.3) is 0 Å². The lowest BCUT2D eigenvalue weighted by molar-refractivity contribution is -0.138. The fourth-order valence-corrected chi connectivity index (χ4v) is 2.68. The molecule has 0 saturated carbocycles. The van der Waals surface area contributed by atoms with Crippen LogP contribution >= 0.6 is 0 Å². The molecule has 0 aromatic heterocycles. The Morgan fingerprint density at radius 1 is 0.708 bits per heavy atom. The normalized spacial score (nSPS) is 12.8. The van der Waals surface area contributed by atoms with E-state index in [9.17, 15) is 20.1 Å². The largest absolute Gasteiger partial charge is 0.481 e. The summed E-state index contributed by atoms with van der Waals surface area (Å²) in [5.41, 5.74) is 0. The molecule has 0 rings (SSSR count). The fraction of sp³-hybridized carbons (Fsp3) is 0.778. The smallest absolute Gasteiger partial charge is 0.303 e. The van der Waals surface area contributed by atoms with Crippen LogP contribution in [0.15, 0.2) is 0 Å². The molecule has 2 N–H and O–H groups in total. The first-order chi connectivity index (χ1) is 11.5. The molecule has 0 heterocycles. The molecular formula is C18H28N2O4. The molecule has 6 heteroatoms. The second-order valence-electron chi connectivity index (χ2n) is 6.23. The molecule has 134 valence electrons. The van der Waals surface area contributed by atoms with Gasteiger partial charge in [-0.3, -0.25) is 9.59 Å². The molecule has 0 saturated heterocycles. The first-order valence-corrected chi connectivity index (χ1v) is 8.72. The minimum absolute atomic E-state index is 0.131. The van der Waals surface area contributed by atoms with Gasteiger partial charge in [0.25, 0.3) is 0 Å². The van der Waals surface area contributed by atoms with Crippen LogP contribution in [0.1, 0.15) is 77.0 Å². The Balaban J connectivity index is 3.85. The van der Waals surface area contributed by atoms with Gasteiger partial charge in [0.2, 0.25) is 0 Å². The van der Waals surface area contributed by atoms with Gasteiger partial charge in [0.15, 0.2) is 0 Å². The summed E-state index contributed by atoms with van der Waals surface area (Å²) >= 11 is 0. The van der Waals surface area contributed by atoms with Crippen molar-refractivity contribution in [1.29, 1.82) is 10.5 Å². The Morgan fingerprint density at radius 3 is 1.46 bits per heavy atom. The van der Waals surface area contributed by atoms with Crippen LogP contribution in [-0.2, 0) is 9.59 Å². The van der Waals surface area contributed by atoms with Crippen LogP contribution in [0.2, 0.25) is 0 Å². The minimum atomic E-state index is -0.792. The maximum Gasteiger partial charge on any atom is 0.303 e.